The van der Waals surface area contributed by atoms with Crippen LogP contribution in [-0.4, -0.2) is 54.0 Å². The number of carbonyl (C=O) groups excluding carboxylic acids is 2. The third-order valence-corrected chi connectivity index (χ3v) is 4.29. The molecule has 0 atom stereocenters. The molecule has 23 heavy (non-hydrogen) atoms. The molecule has 0 aromatic carbocycles. The first-order valence-electron chi connectivity index (χ1n) is 7.76. The van der Waals surface area contributed by atoms with Crippen LogP contribution >= 0.6 is 0 Å². The van der Waals surface area contributed by atoms with E-state index < -0.39 is 6.03 Å². The second-order valence-corrected chi connectivity index (χ2v) is 5.72. The molecule has 2 fully saturated rings. The molecular formula is C15H18N6O2. The van der Waals surface area contributed by atoms with Gasteiger partial charge in [0.1, 0.15) is 11.5 Å². The number of urea groups is 1. The summed E-state index contributed by atoms with van der Waals surface area (Å²) in [6, 6.07) is 3.67. The van der Waals surface area contributed by atoms with Crippen molar-refractivity contribution in [1.29, 1.82) is 0 Å². The van der Waals surface area contributed by atoms with Crippen LogP contribution in [0.15, 0.2) is 24.5 Å². The van der Waals surface area contributed by atoms with Crippen molar-refractivity contribution in [2.75, 3.05) is 42.5 Å². The van der Waals surface area contributed by atoms with Crippen LogP contribution in [0.3, 0.4) is 0 Å². The fourth-order valence-electron chi connectivity index (χ4n) is 3.06. The molecule has 2 aromatic rings. The van der Waals surface area contributed by atoms with Crippen molar-refractivity contribution in [2.24, 2.45) is 0 Å². The SMILES string of the molecule is O=C1CCN(c2cnc3cc(N4CCNCC4)ccn23)C(=O)N1. The monoisotopic (exact) mass is 314 g/mol. The minimum atomic E-state index is -0.394. The van der Waals surface area contributed by atoms with E-state index in [0.29, 0.717) is 18.8 Å². The molecule has 2 saturated heterocycles. The second kappa shape index (κ2) is 5.54. The standard InChI is InChI=1S/C15H18N6O2/c22-13-2-6-21(15(23)18-13)14-10-17-12-9-11(1-5-20(12)14)19-7-3-16-4-8-19/h1,5,9-10,16H,2-4,6-8H2,(H,18,22,23). The predicted molar refractivity (Wildman–Crippen MR) is 85.8 cm³/mol. The molecule has 3 amide bonds. The van der Waals surface area contributed by atoms with Gasteiger partial charge in [0, 0.05) is 57.1 Å². The van der Waals surface area contributed by atoms with Crippen LogP contribution in [-0.2, 0) is 4.79 Å². The normalized spacial score (nSPS) is 19.3. The Morgan fingerprint density at radius 2 is 1.96 bits per heavy atom. The number of fused-ring (bicyclic) bond motifs is 1. The van der Waals surface area contributed by atoms with Gasteiger partial charge in [0.2, 0.25) is 5.91 Å². The van der Waals surface area contributed by atoms with E-state index in [2.05, 4.69) is 20.5 Å². The number of nitrogens with zero attached hydrogens (tertiary/aromatic N) is 4. The Balaban J connectivity index is 1.65. The van der Waals surface area contributed by atoms with Gasteiger partial charge in [-0.1, -0.05) is 0 Å². The van der Waals surface area contributed by atoms with Gasteiger partial charge in [-0.05, 0) is 6.07 Å². The summed E-state index contributed by atoms with van der Waals surface area (Å²) in [6.07, 6.45) is 3.91. The summed E-state index contributed by atoms with van der Waals surface area (Å²) < 4.78 is 1.88. The van der Waals surface area contributed by atoms with Crippen molar-refractivity contribution in [3.8, 4) is 0 Å². The molecule has 2 aliphatic rings. The molecule has 8 heteroatoms. The van der Waals surface area contributed by atoms with Crippen LogP contribution < -0.4 is 20.4 Å². The summed E-state index contributed by atoms with van der Waals surface area (Å²) >= 11 is 0. The first-order valence-corrected chi connectivity index (χ1v) is 7.76. The molecule has 2 aromatic heterocycles. The quantitative estimate of drug-likeness (QED) is 0.827. The molecular weight excluding hydrogens is 296 g/mol. The summed E-state index contributed by atoms with van der Waals surface area (Å²) in [7, 11) is 0. The Morgan fingerprint density at radius 1 is 1.13 bits per heavy atom. The lowest BCUT2D eigenvalue weighted by Gasteiger charge is -2.29. The Labute approximate surface area is 133 Å². The van der Waals surface area contributed by atoms with Gasteiger partial charge in [-0.15, -0.1) is 0 Å². The van der Waals surface area contributed by atoms with Crippen LogP contribution in [0, 0.1) is 0 Å². The summed E-state index contributed by atoms with van der Waals surface area (Å²) in [4.78, 5) is 31.6. The Morgan fingerprint density at radius 3 is 2.74 bits per heavy atom. The van der Waals surface area contributed by atoms with Crippen molar-refractivity contribution in [2.45, 2.75) is 6.42 Å². The maximum Gasteiger partial charge on any atom is 0.329 e. The number of pyridine rings is 1. The van der Waals surface area contributed by atoms with Crippen LogP contribution in [0.4, 0.5) is 16.3 Å². The van der Waals surface area contributed by atoms with Gasteiger partial charge in [-0.3, -0.25) is 19.4 Å². The van der Waals surface area contributed by atoms with Crippen molar-refractivity contribution >= 4 is 29.1 Å². The molecule has 0 radical (unpaired) electrons. The highest BCUT2D eigenvalue weighted by atomic mass is 16.2. The van der Waals surface area contributed by atoms with Gasteiger partial charge in [0.25, 0.3) is 0 Å². The summed E-state index contributed by atoms with van der Waals surface area (Å²) in [5.41, 5.74) is 1.93. The number of imidazole rings is 1. The number of anilines is 2. The number of imide groups is 1. The Hall–Kier alpha value is -2.61. The van der Waals surface area contributed by atoms with Crippen LogP contribution in [0.5, 0.6) is 0 Å². The number of nitrogens with one attached hydrogen (secondary N) is 2. The fraction of sp³-hybridized carbons (Fsp3) is 0.400. The van der Waals surface area contributed by atoms with E-state index in [9.17, 15) is 9.59 Å². The number of hydrogen-bond acceptors (Lipinski definition) is 5. The van der Waals surface area contributed by atoms with Crippen LogP contribution in [0.1, 0.15) is 6.42 Å². The molecule has 2 aliphatic heterocycles. The van der Waals surface area contributed by atoms with Gasteiger partial charge in [0.05, 0.1) is 6.20 Å². The molecule has 0 unspecified atom stereocenters. The number of amides is 3. The van der Waals surface area contributed by atoms with Gasteiger partial charge >= 0.3 is 6.03 Å². The molecule has 4 heterocycles. The van der Waals surface area contributed by atoms with Crippen molar-refractivity contribution in [1.82, 2.24) is 20.0 Å². The predicted octanol–water partition coefficient (Wildman–Crippen LogP) is 0.190. The third-order valence-electron chi connectivity index (χ3n) is 4.29. The van der Waals surface area contributed by atoms with Gasteiger partial charge < -0.3 is 10.2 Å². The van der Waals surface area contributed by atoms with E-state index in [0.717, 1.165) is 37.5 Å². The summed E-state index contributed by atoms with van der Waals surface area (Å²) in [6.45, 7) is 4.28. The molecule has 2 N–H and O–H groups in total. The molecule has 8 nitrogen and oxygen atoms in total. The van der Waals surface area contributed by atoms with E-state index in [4.69, 9.17) is 0 Å². The lowest BCUT2D eigenvalue weighted by molar-refractivity contribution is -0.120. The van der Waals surface area contributed by atoms with E-state index >= 15 is 0 Å². The van der Waals surface area contributed by atoms with Crippen molar-refractivity contribution in [3.05, 3.63) is 24.5 Å². The largest absolute Gasteiger partial charge is 0.369 e. The molecule has 4 rings (SSSR count). The molecule has 0 aliphatic carbocycles. The van der Waals surface area contributed by atoms with Gasteiger partial charge in [0.15, 0.2) is 0 Å². The zero-order chi connectivity index (χ0) is 15.8. The minimum Gasteiger partial charge on any atom is -0.369 e. The highest BCUT2D eigenvalue weighted by Crippen LogP contribution is 2.23. The van der Waals surface area contributed by atoms with E-state index in [1.54, 1.807) is 11.1 Å². The average Bonchev–Trinajstić information content (AvgIpc) is 2.99. The number of aromatic nitrogens is 2. The number of rotatable bonds is 2. The maximum atomic E-state index is 12.0. The first-order chi connectivity index (χ1) is 11.2. The average molecular weight is 314 g/mol. The topological polar surface area (TPSA) is 82.0 Å². The highest BCUT2D eigenvalue weighted by Gasteiger charge is 2.26. The zero-order valence-electron chi connectivity index (χ0n) is 12.7. The maximum absolute atomic E-state index is 12.0. The van der Waals surface area contributed by atoms with E-state index in [1.165, 1.54) is 0 Å². The Bertz CT molecular complexity index is 764. The number of carbonyl (C=O) groups is 2. The smallest absolute Gasteiger partial charge is 0.329 e. The van der Waals surface area contributed by atoms with E-state index in [-0.39, 0.29) is 5.91 Å². The molecule has 0 saturated carbocycles. The molecule has 120 valence electrons. The second-order valence-electron chi connectivity index (χ2n) is 5.72. The highest BCUT2D eigenvalue weighted by molar-refractivity contribution is 6.05. The fourth-order valence-corrected chi connectivity index (χ4v) is 3.06. The number of piperazine rings is 1. The van der Waals surface area contributed by atoms with Gasteiger partial charge in [-0.2, -0.15) is 0 Å². The summed E-state index contributed by atoms with van der Waals surface area (Å²) in [5.74, 6) is 0.443. The van der Waals surface area contributed by atoms with Crippen molar-refractivity contribution in [3.63, 3.8) is 0 Å². The van der Waals surface area contributed by atoms with Crippen LogP contribution in [0.25, 0.3) is 5.65 Å². The van der Waals surface area contributed by atoms with Crippen LogP contribution in [0.2, 0.25) is 0 Å². The lowest BCUT2D eigenvalue weighted by Crippen LogP contribution is -2.50. The zero-order valence-corrected chi connectivity index (χ0v) is 12.7. The third kappa shape index (κ3) is 2.50. The Kier molecular flexibility index (Phi) is 3.38. The first kappa shape index (κ1) is 14.0. The van der Waals surface area contributed by atoms with Gasteiger partial charge in [-0.25, -0.2) is 9.78 Å². The number of hydrogen-bond donors (Lipinski definition) is 2. The van der Waals surface area contributed by atoms with Crippen molar-refractivity contribution < 1.29 is 9.59 Å². The minimum absolute atomic E-state index is 0.235. The molecule has 0 spiro atoms. The molecule has 0 bridgehead atoms. The summed E-state index contributed by atoms with van der Waals surface area (Å²) in [5, 5.41) is 5.67. The lowest BCUT2D eigenvalue weighted by atomic mass is 10.3. The van der Waals surface area contributed by atoms with E-state index in [1.807, 2.05) is 22.7 Å².